The van der Waals surface area contributed by atoms with Gasteiger partial charge in [0.25, 0.3) is 0 Å². The highest BCUT2D eigenvalue weighted by Crippen LogP contribution is 2.13. The molecule has 0 radical (unpaired) electrons. The number of benzene rings is 2. The second-order valence-corrected chi connectivity index (χ2v) is 4.24. The maximum atomic E-state index is 12.8. The van der Waals surface area contributed by atoms with Crippen LogP contribution in [0.15, 0.2) is 53.5 Å². The van der Waals surface area contributed by atoms with Crippen LogP contribution in [0.25, 0.3) is 0 Å². The van der Waals surface area contributed by atoms with Gasteiger partial charge in [-0.25, -0.2) is 4.39 Å². The molecule has 0 spiro atoms. The maximum Gasteiger partial charge on any atom is 0.123 e. The highest BCUT2D eigenvalue weighted by Gasteiger charge is 1.97. The third-order valence-corrected chi connectivity index (χ3v) is 2.67. The molecule has 0 amide bonds. The summed E-state index contributed by atoms with van der Waals surface area (Å²) in [6.07, 6.45) is 1.71. The van der Waals surface area contributed by atoms with Crippen molar-refractivity contribution in [2.45, 2.75) is 6.61 Å². The third kappa shape index (κ3) is 4.48. The first-order chi connectivity index (χ1) is 9.78. The minimum atomic E-state index is -0.250. The molecule has 2 rings (SSSR count). The summed E-state index contributed by atoms with van der Waals surface area (Å²) in [7, 11) is 0. The molecule has 0 bridgehead atoms. The van der Waals surface area contributed by atoms with E-state index < -0.39 is 0 Å². The van der Waals surface area contributed by atoms with Gasteiger partial charge in [0.1, 0.15) is 18.2 Å². The van der Waals surface area contributed by atoms with E-state index in [-0.39, 0.29) is 12.4 Å². The van der Waals surface area contributed by atoms with Crippen molar-refractivity contribution >= 4 is 6.21 Å². The van der Waals surface area contributed by atoms with E-state index in [1.807, 2.05) is 24.3 Å². The van der Waals surface area contributed by atoms with Crippen LogP contribution in [0.4, 0.5) is 4.39 Å². The number of halogens is 1. The van der Waals surface area contributed by atoms with Crippen LogP contribution in [0, 0.1) is 5.82 Å². The van der Waals surface area contributed by atoms with Gasteiger partial charge in [-0.15, -0.1) is 0 Å². The number of aliphatic imine (C=N–C) groups is 1. The molecule has 0 saturated heterocycles. The first-order valence-electron chi connectivity index (χ1n) is 6.36. The molecule has 1 N–H and O–H groups in total. The van der Waals surface area contributed by atoms with Crippen molar-refractivity contribution in [3.63, 3.8) is 0 Å². The molecule has 2 aromatic rings. The average Bonchev–Trinajstić information content (AvgIpc) is 2.48. The molecule has 0 fully saturated rings. The van der Waals surface area contributed by atoms with Crippen LogP contribution in [0.1, 0.15) is 11.1 Å². The molecule has 104 valence electrons. The normalized spacial score (nSPS) is 10.9. The molecule has 3 nitrogen and oxygen atoms in total. The molecule has 0 aliphatic heterocycles. The summed E-state index contributed by atoms with van der Waals surface area (Å²) in [6.45, 7) is 0.858. The maximum absolute atomic E-state index is 12.8. The summed E-state index contributed by atoms with van der Waals surface area (Å²) in [5.74, 6) is 0.494. The van der Waals surface area contributed by atoms with Gasteiger partial charge >= 0.3 is 0 Å². The Morgan fingerprint density at radius 1 is 1.05 bits per heavy atom. The summed E-state index contributed by atoms with van der Waals surface area (Å²) in [5, 5.41) is 8.63. The van der Waals surface area contributed by atoms with Crippen molar-refractivity contribution in [1.29, 1.82) is 0 Å². The van der Waals surface area contributed by atoms with Crippen LogP contribution in [0.2, 0.25) is 0 Å². The number of ether oxygens (including phenoxy) is 1. The van der Waals surface area contributed by atoms with E-state index in [4.69, 9.17) is 9.84 Å². The fourth-order valence-corrected chi connectivity index (χ4v) is 1.63. The third-order valence-electron chi connectivity index (χ3n) is 2.67. The lowest BCUT2D eigenvalue weighted by Gasteiger charge is -2.06. The van der Waals surface area contributed by atoms with Crippen LogP contribution in [0.5, 0.6) is 5.75 Å². The van der Waals surface area contributed by atoms with Crippen molar-refractivity contribution in [3.05, 3.63) is 65.5 Å². The van der Waals surface area contributed by atoms with Crippen molar-refractivity contribution in [2.75, 3.05) is 13.2 Å². The van der Waals surface area contributed by atoms with Crippen LogP contribution in [-0.2, 0) is 6.61 Å². The Labute approximate surface area is 117 Å². The topological polar surface area (TPSA) is 41.8 Å². The number of nitrogens with zero attached hydrogens (tertiary/aromatic N) is 1. The van der Waals surface area contributed by atoms with Crippen LogP contribution < -0.4 is 4.74 Å². The number of aliphatic hydroxyl groups excluding tert-OH is 1. The number of aliphatic hydroxyl groups is 1. The predicted molar refractivity (Wildman–Crippen MR) is 76.7 cm³/mol. The van der Waals surface area contributed by atoms with Gasteiger partial charge in [0.05, 0.1) is 13.2 Å². The highest BCUT2D eigenvalue weighted by molar-refractivity contribution is 5.79. The molecule has 2 aromatic carbocycles. The first-order valence-corrected chi connectivity index (χ1v) is 6.36. The van der Waals surface area contributed by atoms with E-state index in [1.54, 1.807) is 18.3 Å². The quantitative estimate of drug-likeness (QED) is 0.822. The Kier molecular flexibility index (Phi) is 5.26. The van der Waals surface area contributed by atoms with Gasteiger partial charge in [-0.05, 0) is 47.5 Å². The first kappa shape index (κ1) is 14.2. The lowest BCUT2D eigenvalue weighted by molar-refractivity contribution is 0.306. The number of rotatable bonds is 6. The molecule has 0 aliphatic carbocycles. The molecule has 4 heteroatoms. The lowest BCUT2D eigenvalue weighted by atomic mass is 10.2. The molecular formula is C16H16FNO2. The average molecular weight is 273 g/mol. The van der Waals surface area contributed by atoms with E-state index in [0.717, 1.165) is 16.9 Å². The summed E-state index contributed by atoms with van der Waals surface area (Å²) in [6, 6.07) is 13.7. The second-order valence-electron chi connectivity index (χ2n) is 4.24. The zero-order chi connectivity index (χ0) is 14.2. The van der Waals surface area contributed by atoms with Crippen molar-refractivity contribution < 1.29 is 14.2 Å². The predicted octanol–water partition coefficient (Wildman–Crippen LogP) is 2.82. The van der Waals surface area contributed by atoms with E-state index in [1.165, 1.54) is 12.1 Å². The second kappa shape index (κ2) is 7.40. The fraction of sp³-hybridized carbons (Fsp3) is 0.188. The number of hydrogen-bond acceptors (Lipinski definition) is 3. The summed E-state index contributed by atoms with van der Waals surface area (Å²) < 4.78 is 18.4. The monoisotopic (exact) mass is 273 g/mol. The van der Waals surface area contributed by atoms with Gasteiger partial charge in [-0.2, -0.15) is 0 Å². The highest BCUT2D eigenvalue weighted by atomic mass is 19.1. The minimum Gasteiger partial charge on any atom is -0.489 e. The van der Waals surface area contributed by atoms with E-state index in [2.05, 4.69) is 4.99 Å². The zero-order valence-corrected chi connectivity index (χ0v) is 11.0. The lowest BCUT2D eigenvalue weighted by Crippen LogP contribution is -1.95. The van der Waals surface area contributed by atoms with Gasteiger partial charge in [0.15, 0.2) is 0 Å². The van der Waals surface area contributed by atoms with Crippen molar-refractivity contribution in [3.8, 4) is 5.75 Å². The van der Waals surface area contributed by atoms with Crippen LogP contribution in [0.3, 0.4) is 0 Å². The van der Waals surface area contributed by atoms with Crippen LogP contribution >= 0.6 is 0 Å². The standard InChI is InChI=1S/C16H16FNO2/c17-15-5-1-14(2-6-15)12-20-16-7-3-13(4-8-16)11-18-9-10-19/h1-8,11,19H,9-10,12H2/b18-11+. The summed E-state index contributed by atoms with van der Waals surface area (Å²) in [4.78, 5) is 4.04. The van der Waals surface area contributed by atoms with Crippen molar-refractivity contribution in [2.24, 2.45) is 4.99 Å². The van der Waals surface area contributed by atoms with Gasteiger partial charge in [0.2, 0.25) is 0 Å². The molecule has 0 atom stereocenters. The minimum absolute atomic E-state index is 0.0510. The van der Waals surface area contributed by atoms with E-state index in [9.17, 15) is 4.39 Å². The largest absolute Gasteiger partial charge is 0.489 e. The zero-order valence-electron chi connectivity index (χ0n) is 11.0. The van der Waals surface area contributed by atoms with Crippen LogP contribution in [-0.4, -0.2) is 24.5 Å². The van der Waals surface area contributed by atoms with Gasteiger partial charge < -0.3 is 9.84 Å². The molecule has 0 aliphatic rings. The molecule has 0 saturated carbocycles. The van der Waals surface area contributed by atoms with Crippen molar-refractivity contribution in [1.82, 2.24) is 0 Å². The Hall–Kier alpha value is -2.20. The molecule has 0 heterocycles. The SMILES string of the molecule is OCC/N=C/c1ccc(OCc2ccc(F)cc2)cc1. The van der Waals surface area contributed by atoms with Gasteiger partial charge in [-0.1, -0.05) is 12.1 Å². The smallest absolute Gasteiger partial charge is 0.123 e. The van der Waals surface area contributed by atoms with Gasteiger partial charge in [-0.3, -0.25) is 4.99 Å². The Morgan fingerprint density at radius 2 is 1.75 bits per heavy atom. The summed E-state index contributed by atoms with van der Waals surface area (Å²) in [5.41, 5.74) is 1.87. The fourth-order valence-electron chi connectivity index (χ4n) is 1.63. The molecule has 0 unspecified atom stereocenters. The van der Waals surface area contributed by atoms with E-state index in [0.29, 0.717) is 13.2 Å². The molecule has 0 aromatic heterocycles. The summed E-state index contributed by atoms with van der Waals surface area (Å²) >= 11 is 0. The Bertz CT molecular complexity index is 550. The van der Waals surface area contributed by atoms with E-state index >= 15 is 0 Å². The Morgan fingerprint density at radius 3 is 2.40 bits per heavy atom. The Balaban J connectivity index is 1.89. The molecular weight excluding hydrogens is 257 g/mol. The number of hydrogen-bond donors (Lipinski definition) is 1. The molecule has 20 heavy (non-hydrogen) atoms. The van der Waals surface area contributed by atoms with Gasteiger partial charge in [0, 0.05) is 6.21 Å².